The highest BCUT2D eigenvalue weighted by Crippen LogP contribution is 2.31. The maximum Gasteiger partial charge on any atom is 0.258 e. The summed E-state index contributed by atoms with van der Waals surface area (Å²) in [5.74, 6) is 0.678. The van der Waals surface area contributed by atoms with E-state index in [1.807, 2.05) is 6.92 Å². The summed E-state index contributed by atoms with van der Waals surface area (Å²) in [5, 5.41) is 25.6. The van der Waals surface area contributed by atoms with E-state index in [9.17, 15) is 13.9 Å². The molecule has 4 aromatic heterocycles. The average Bonchev–Trinajstić information content (AvgIpc) is 3.33. The number of hydrogen-bond donors (Lipinski definition) is 3. The Morgan fingerprint density at radius 1 is 1.25 bits per heavy atom. The molecule has 4 heterocycles. The van der Waals surface area contributed by atoms with E-state index in [0.717, 1.165) is 17.5 Å². The molecule has 32 heavy (non-hydrogen) atoms. The lowest BCUT2D eigenvalue weighted by atomic mass is 9.84. The molecule has 0 spiro atoms. The van der Waals surface area contributed by atoms with E-state index in [-0.39, 0.29) is 17.5 Å². The van der Waals surface area contributed by atoms with Gasteiger partial charge in [0.25, 0.3) is 6.43 Å². The van der Waals surface area contributed by atoms with Gasteiger partial charge in [-0.25, -0.2) is 23.0 Å². The number of aromatic nitrogens is 7. The monoisotopic (exact) mass is 443 g/mol. The number of rotatable bonds is 5. The van der Waals surface area contributed by atoms with Gasteiger partial charge in [-0.1, -0.05) is 5.21 Å². The van der Waals surface area contributed by atoms with Crippen molar-refractivity contribution in [2.45, 2.75) is 57.2 Å². The Kier molecular flexibility index (Phi) is 4.88. The maximum absolute atomic E-state index is 12.8. The van der Waals surface area contributed by atoms with E-state index in [1.54, 1.807) is 28.9 Å². The van der Waals surface area contributed by atoms with Gasteiger partial charge < -0.3 is 16.2 Å². The molecule has 0 unspecified atom stereocenters. The molecule has 4 aromatic rings. The first kappa shape index (κ1) is 20.5. The minimum atomic E-state index is -2.56. The van der Waals surface area contributed by atoms with Crippen molar-refractivity contribution in [3.05, 3.63) is 24.4 Å². The molecule has 1 aliphatic rings. The fourth-order valence-corrected chi connectivity index (χ4v) is 4.14. The Hall–Kier alpha value is -3.41. The maximum atomic E-state index is 12.8. The van der Waals surface area contributed by atoms with Crippen LogP contribution in [0.25, 0.3) is 27.9 Å². The zero-order chi connectivity index (χ0) is 22.5. The third kappa shape index (κ3) is 3.81. The van der Waals surface area contributed by atoms with Gasteiger partial charge in [-0.15, -0.1) is 10.2 Å². The number of nitrogens with one attached hydrogen (secondary N) is 1. The van der Waals surface area contributed by atoms with Gasteiger partial charge in [-0.2, -0.15) is 4.98 Å². The summed E-state index contributed by atoms with van der Waals surface area (Å²) in [5.41, 5.74) is 8.13. The van der Waals surface area contributed by atoms with Gasteiger partial charge in [0, 0.05) is 17.8 Å². The Bertz CT molecular complexity index is 1270. The molecule has 0 aliphatic heterocycles. The number of halogens is 2. The summed E-state index contributed by atoms with van der Waals surface area (Å²) in [6, 6.07) is 5.38. The number of hydrogen-bond acceptors (Lipinski definition) is 8. The van der Waals surface area contributed by atoms with Crippen LogP contribution in [0.2, 0.25) is 0 Å². The van der Waals surface area contributed by atoms with Crippen molar-refractivity contribution in [1.82, 2.24) is 34.6 Å². The lowest BCUT2D eigenvalue weighted by molar-refractivity contribution is 0.0195. The summed E-state index contributed by atoms with van der Waals surface area (Å²) >= 11 is 0. The lowest BCUT2D eigenvalue weighted by Gasteiger charge is -2.33. The zero-order valence-electron chi connectivity index (χ0n) is 17.4. The number of nitrogen functional groups attached to an aromatic ring is 1. The molecule has 0 atom stereocenters. The van der Waals surface area contributed by atoms with E-state index < -0.39 is 18.6 Å². The van der Waals surface area contributed by atoms with E-state index in [1.165, 1.54) is 0 Å². The minimum Gasteiger partial charge on any atom is -0.390 e. The van der Waals surface area contributed by atoms with Crippen LogP contribution in [0.4, 0.5) is 20.5 Å². The second kappa shape index (κ2) is 7.62. The van der Waals surface area contributed by atoms with Gasteiger partial charge in [-0.05, 0) is 50.8 Å². The standard InChI is InChI=1S/C20H23F2N9O/c1-20(32)7-4-11(5-8-20)24-19-26-17(23)16-12(6-9-30(16)28-19)13-2-3-14-18(25-13)31(29-27-14)10-15(21)22/h2-3,6,9,11,15,32H,4-5,7-8,10H2,1H3,(H3,23,24,26,28)/t11-,20-. The van der Waals surface area contributed by atoms with Crippen molar-refractivity contribution in [2.75, 3.05) is 11.1 Å². The number of alkyl halides is 2. The summed E-state index contributed by atoms with van der Waals surface area (Å²) in [4.78, 5) is 8.91. The summed E-state index contributed by atoms with van der Waals surface area (Å²) < 4.78 is 28.4. The van der Waals surface area contributed by atoms with Crippen LogP contribution in [0, 0.1) is 0 Å². The molecule has 10 nitrogen and oxygen atoms in total. The van der Waals surface area contributed by atoms with Crippen molar-refractivity contribution in [3.8, 4) is 11.3 Å². The molecule has 168 valence electrons. The molecule has 4 N–H and O–H groups in total. The highest BCUT2D eigenvalue weighted by atomic mass is 19.3. The Balaban J connectivity index is 1.46. The molecule has 5 rings (SSSR count). The normalized spacial score (nSPS) is 21.6. The number of pyridine rings is 1. The molecular weight excluding hydrogens is 420 g/mol. The fourth-order valence-electron chi connectivity index (χ4n) is 4.14. The largest absolute Gasteiger partial charge is 0.390 e. The third-order valence-electron chi connectivity index (χ3n) is 5.88. The smallest absolute Gasteiger partial charge is 0.258 e. The van der Waals surface area contributed by atoms with Gasteiger partial charge in [0.05, 0.1) is 11.3 Å². The third-order valence-corrected chi connectivity index (χ3v) is 5.88. The highest BCUT2D eigenvalue weighted by Gasteiger charge is 2.29. The molecule has 0 aromatic carbocycles. The SMILES string of the molecule is C[C@]1(O)CC[C@H](Nc2nc(N)c3c(-c4ccc5nnn(CC(F)F)c5n4)ccn3n2)CC1. The fraction of sp³-hybridized carbons (Fsp3) is 0.450. The molecule has 0 amide bonds. The molecular formula is C20H23F2N9O. The van der Waals surface area contributed by atoms with Gasteiger partial charge in [0.15, 0.2) is 11.5 Å². The topological polar surface area (TPSA) is 132 Å². The van der Waals surface area contributed by atoms with Crippen LogP contribution >= 0.6 is 0 Å². The van der Waals surface area contributed by atoms with E-state index in [2.05, 4.69) is 30.7 Å². The van der Waals surface area contributed by atoms with E-state index in [0.29, 0.717) is 41.1 Å². The van der Waals surface area contributed by atoms with Crippen LogP contribution < -0.4 is 11.1 Å². The molecule has 1 saturated carbocycles. The number of nitrogens with two attached hydrogens (primary N) is 1. The van der Waals surface area contributed by atoms with E-state index in [4.69, 9.17) is 5.73 Å². The molecule has 0 radical (unpaired) electrons. The van der Waals surface area contributed by atoms with Crippen LogP contribution in [0.15, 0.2) is 24.4 Å². The predicted molar refractivity (Wildman–Crippen MR) is 114 cm³/mol. The first-order valence-corrected chi connectivity index (χ1v) is 10.4. The summed E-state index contributed by atoms with van der Waals surface area (Å²) in [6.45, 7) is 1.27. The molecule has 12 heteroatoms. The van der Waals surface area contributed by atoms with Crippen LogP contribution in [-0.4, -0.2) is 57.8 Å². The van der Waals surface area contributed by atoms with Gasteiger partial charge in [0.1, 0.15) is 17.6 Å². The summed E-state index contributed by atoms with van der Waals surface area (Å²) in [6.07, 6.45) is 2.24. The quantitative estimate of drug-likeness (QED) is 0.429. The average molecular weight is 443 g/mol. The highest BCUT2D eigenvalue weighted by molar-refractivity contribution is 5.88. The molecule has 0 bridgehead atoms. The minimum absolute atomic E-state index is 0.161. The number of anilines is 2. The van der Waals surface area contributed by atoms with E-state index >= 15 is 0 Å². The van der Waals surface area contributed by atoms with Crippen molar-refractivity contribution < 1.29 is 13.9 Å². The van der Waals surface area contributed by atoms with Gasteiger partial charge in [-0.3, -0.25) is 0 Å². The first-order valence-electron chi connectivity index (χ1n) is 10.4. The second-order valence-electron chi connectivity index (χ2n) is 8.46. The first-order chi connectivity index (χ1) is 15.3. The molecule has 0 saturated heterocycles. The van der Waals surface area contributed by atoms with Crippen molar-refractivity contribution >= 4 is 28.4 Å². The van der Waals surface area contributed by atoms with Crippen molar-refractivity contribution in [1.29, 1.82) is 0 Å². The van der Waals surface area contributed by atoms with Crippen molar-refractivity contribution in [2.24, 2.45) is 0 Å². The van der Waals surface area contributed by atoms with Crippen molar-refractivity contribution in [3.63, 3.8) is 0 Å². The number of nitrogens with zero attached hydrogens (tertiary/aromatic N) is 7. The second-order valence-corrected chi connectivity index (χ2v) is 8.46. The predicted octanol–water partition coefficient (Wildman–Crippen LogP) is 2.49. The lowest BCUT2D eigenvalue weighted by Crippen LogP contribution is -2.36. The number of fused-ring (bicyclic) bond motifs is 2. The van der Waals surface area contributed by atoms with Gasteiger partial charge >= 0.3 is 0 Å². The summed E-state index contributed by atoms with van der Waals surface area (Å²) in [7, 11) is 0. The van der Waals surface area contributed by atoms with Gasteiger partial charge in [0.2, 0.25) is 5.95 Å². The Morgan fingerprint density at radius 2 is 2.03 bits per heavy atom. The molecule has 1 fully saturated rings. The Labute approximate surface area is 181 Å². The zero-order valence-corrected chi connectivity index (χ0v) is 17.4. The van der Waals surface area contributed by atoms with Crippen LogP contribution in [0.1, 0.15) is 32.6 Å². The van der Waals surface area contributed by atoms with Crippen LogP contribution in [0.3, 0.4) is 0 Å². The van der Waals surface area contributed by atoms with Crippen LogP contribution in [-0.2, 0) is 6.54 Å². The number of aliphatic hydroxyl groups is 1. The molecule has 1 aliphatic carbocycles. The Morgan fingerprint density at radius 3 is 2.78 bits per heavy atom. The van der Waals surface area contributed by atoms with Crippen LogP contribution in [0.5, 0.6) is 0 Å².